The minimum atomic E-state index is -1.26. The molecule has 2 heterocycles. The van der Waals surface area contributed by atoms with Crippen LogP contribution in [-0.2, 0) is 13.0 Å². The molecule has 0 fully saturated rings. The number of rotatable bonds is 3. The van der Waals surface area contributed by atoms with Crippen LogP contribution in [-0.4, -0.2) is 21.7 Å². The van der Waals surface area contributed by atoms with Gasteiger partial charge in [0.05, 0.1) is 6.54 Å². The van der Waals surface area contributed by atoms with Gasteiger partial charge in [0, 0.05) is 18.2 Å². The van der Waals surface area contributed by atoms with Gasteiger partial charge in [-0.2, -0.15) is 0 Å². The van der Waals surface area contributed by atoms with Crippen molar-refractivity contribution in [2.24, 2.45) is 0 Å². The van der Waals surface area contributed by atoms with Gasteiger partial charge in [0.2, 0.25) is 0 Å². The van der Waals surface area contributed by atoms with Crippen molar-refractivity contribution in [3.8, 4) is 5.75 Å². The maximum absolute atomic E-state index is 13.1. The third-order valence-corrected chi connectivity index (χ3v) is 3.41. The van der Waals surface area contributed by atoms with Crippen molar-refractivity contribution < 1.29 is 19.0 Å². The van der Waals surface area contributed by atoms with Gasteiger partial charge in [-0.15, -0.1) is 0 Å². The molecule has 2 aromatic rings. The van der Waals surface area contributed by atoms with E-state index < -0.39 is 11.5 Å². The van der Waals surface area contributed by atoms with Gasteiger partial charge in [-0.3, -0.25) is 4.79 Å². The fraction of sp³-hybridized carbons (Fsp3) is 0.200. The first kappa shape index (κ1) is 13.4. The molecule has 1 unspecified atom stereocenters. The zero-order valence-electron chi connectivity index (χ0n) is 11.0. The summed E-state index contributed by atoms with van der Waals surface area (Å²) in [6.07, 6.45) is 1.68. The second kappa shape index (κ2) is 5.05. The van der Waals surface area contributed by atoms with E-state index in [0.29, 0.717) is 12.2 Å². The van der Waals surface area contributed by atoms with Crippen molar-refractivity contribution in [1.29, 1.82) is 0 Å². The molecule has 6 heteroatoms. The third-order valence-electron chi connectivity index (χ3n) is 3.41. The number of aromatic nitrogens is 1. The van der Waals surface area contributed by atoms with Gasteiger partial charge in [0.25, 0.3) is 5.56 Å². The Morgan fingerprint density at radius 1 is 1.43 bits per heavy atom. The summed E-state index contributed by atoms with van der Waals surface area (Å²) in [5, 5.41) is 8.94. The van der Waals surface area contributed by atoms with Gasteiger partial charge in [-0.05, 0) is 30.3 Å². The highest BCUT2D eigenvalue weighted by Gasteiger charge is 2.24. The van der Waals surface area contributed by atoms with Crippen LogP contribution in [0.25, 0.3) is 0 Å². The highest BCUT2D eigenvalue weighted by Crippen LogP contribution is 2.29. The number of aromatic carboxylic acids is 1. The lowest BCUT2D eigenvalue weighted by molar-refractivity contribution is 0.0693. The Morgan fingerprint density at radius 3 is 3.00 bits per heavy atom. The molecule has 0 aliphatic carbocycles. The molecule has 1 aliphatic rings. The molecule has 1 atom stereocenters. The molecule has 5 nitrogen and oxygen atoms in total. The number of carboxylic acids is 1. The van der Waals surface area contributed by atoms with Gasteiger partial charge in [0.15, 0.2) is 0 Å². The fourth-order valence-electron chi connectivity index (χ4n) is 2.45. The molecule has 1 aromatic carbocycles. The Morgan fingerprint density at radius 2 is 2.24 bits per heavy atom. The van der Waals surface area contributed by atoms with Crippen molar-refractivity contribution in [3.63, 3.8) is 0 Å². The summed E-state index contributed by atoms with van der Waals surface area (Å²) in [7, 11) is 0. The zero-order valence-corrected chi connectivity index (χ0v) is 11.0. The van der Waals surface area contributed by atoms with Crippen LogP contribution in [0.4, 0.5) is 4.39 Å². The fourth-order valence-corrected chi connectivity index (χ4v) is 2.45. The lowest BCUT2D eigenvalue weighted by atomic mass is 10.1. The molecule has 3 rings (SSSR count). The quantitative estimate of drug-likeness (QED) is 0.933. The van der Waals surface area contributed by atoms with E-state index in [1.165, 1.54) is 35.0 Å². The van der Waals surface area contributed by atoms with Crippen LogP contribution in [0.3, 0.4) is 0 Å². The molecule has 0 bridgehead atoms. The van der Waals surface area contributed by atoms with Crippen molar-refractivity contribution >= 4 is 5.97 Å². The van der Waals surface area contributed by atoms with E-state index in [0.717, 1.165) is 5.56 Å². The Labute approximate surface area is 119 Å². The summed E-state index contributed by atoms with van der Waals surface area (Å²) < 4.78 is 20.1. The van der Waals surface area contributed by atoms with Gasteiger partial charge in [-0.1, -0.05) is 0 Å². The molecule has 1 aliphatic heterocycles. The van der Waals surface area contributed by atoms with Crippen molar-refractivity contribution in [3.05, 3.63) is 63.8 Å². The van der Waals surface area contributed by atoms with Crippen LogP contribution in [0.15, 0.2) is 41.3 Å². The van der Waals surface area contributed by atoms with Crippen LogP contribution in [0, 0.1) is 5.82 Å². The largest absolute Gasteiger partial charge is 0.488 e. The molecule has 0 saturated heterocycles. The van der Waals surface area contributed by atoms with E-state index >= 15 is 0 Å². The highest BCUT2D eigenvalue weighted by atomic mass is 19.1. The first-order valence-corrected chi connectivity index (χ1v) is 6.42. The molecule has 21 heavy (non-hydrogen) atoms. The second-order valence-corrected chi connectivity index (χ2v) is 4.88. The normalized spacial score (nSPS) is 16.3. The average molecular weight is 289 g/mol. The Hall–Kier alpha value is -2.63. The first-order chi connectivity index (χ1) is 10.0. The number of hydrogen-bond donors (Lipinski definition) is 1. The molecular weight excluding hydrogens is 277 g/mol. The first-order valence-electron chi connectivity index (χ1n) is 6.42. The monoisotopic (exact) mass is 289 g/mol. The number of carbonyl (C=O) groups is 1. The summed E-state index contributed by atoms with van der Waals surface area (Å²) in [6, 6.07) is 7.05. The predicted octanol–water partition coefficient (Wildman–Crippen LogP) is 1.69. The number of benzene rings is 1. The smallest absolute Gasteiger partial charge is 0.341 e. The minimum Gasteiger partial charge on any atom is -0.488 e. The highest BCUT2D eigenvalue weighted by molar-refractivity contribution is 5.86. The maximum atomic E-state index is 13.1. The number of pyridine rings is 1. The number of hydrogen-bond acceptors (Lipinski definition) is 3. The number of halogens is 1. The summed E-state index contributed by atoms with van der Waals surface area (Å²) in [4.78, 5) is 22.9. The van der Waals surface area contributed by atoms with E-state index in [2.05, 4.69) is 0 Å². The molecule has 0 spiro atoms. The van der Waals surface area contributed by atoms with Crippen molar-refractivity contribution in [1.82, 2.24) is 4.57 Å². The van der Waals surface area contributed by atoms with Crippen molar-refractivity contribution in [2.75, 3.05) is 0 Å². The average Bonchev–Trinajstić information content (AvgIpc) is 2.82. The summed E-state index contributed by atoms with van der Waals surface area (Å²) in [6.45, 7) is 0.219. The van der Waals surface area contributed by atoms with Crippen LogP contribution in [0.5, 0.6) is 5.75 Å². The topological polar surface area (TPSA) is 68.5 Å². The molecular formula is C15H12FNO4. The van der Waals surface area contributed by atoms with Gasteiger partial charge >= 0.3 is 5.97 Å². The SMILES string of the molecule is O=C(O)c1cccn(CC2Cc3cc(F)ccc3O2)c1=O. The van der Waals surface area contributed by atoms with Crippen LogP contribution < -0.4 is 10.3 Å². The summed E-state index contributed by atoms with van der Waals surface area (Å²) in [5.41, 5.74) is -0.0998. The lowest BCUT2D eigenvalue weighted by Gasteiger charge is -2.13. The van der Waals surface area contributed by atoms with E-state index in [-0.39, 0.29) is 24.0 Å². The maximum Gasteiger partial charge on any atom is 0.341 e. The Balaban J connectivity index is 1.82. The van der Waals surface area contributed by atoms with E-state index in [9.17, 15) is 14.0 Å². The minimum absolute atomic E-state index is 0.219. The molecule has 0 amide bonds. The van der Waals surface area contributed by atoms with Crippen LogP contribution in [0.2, 0.25) is 0 Å². The number of nitrogens with zero attached hydrogens (tertiary/aromatic N) is 1. The molecule has 0 radical (unpaired) electrons. The summed E-state index contributed by atoms with van der Waals surface area (Å²) in [5.74, 6) is -0.987. The Bertz CT molecular complexity index is 769. The van der Waals surface area contributed by atoms with E-state index in [4.69, 9.17) is 9.84 Å². The van der Waals surface area contributed by atoms with Gasteiger partial charge < -0.3 is 14.4 Å². The Kier molecular flexibility index (Phi) is 3.21. The van der Waals surface area contributed by atoms with Crippen LogP contribution in [0.1, 0.15) is 15.9 Å². The molecule has 0 saturated carbocycles. The van der Waals surface area contributed by atoms with Crippen molar-refractivity contribution in [2.45, 2.75) is 19.1 Å². The molecule has 108 valence electrons. The number of fused-ring (bicyclic) bond motifs is 1. The molecule has 1 N–H and O–H groups in total. The second-order valence-electron chi connectivity index (χ2n) is 4.88. The van der Waals surface area contributed by atoms with Crippen LogP contribution >= 0.6 is 0 Å². The third kappa shape index (κ3) is 2.52. The van der Waals surface area contributed by atoms with E-state index in [1.54, 1.807) is 6.07 Å². The van der Waals surface area contributed by atoms with E-state index in [1.807, 2.05) is 0 Å². The number of carboxylic acid groups (broad SMARTS) is 1. The molecule has 1 aromatic heterocycles. The van der Waals surface area contributed by atoms with Gasteiger partial charge in [-0.25, -0.2) is 9.18 Å². The predicted molar refractivity (Wildman–Crippen MR) is 72.2 cm³/mol. The van der Waals surface area contributed by atoms with Gasteiger partial charge in [0.1, 0.15) is 23.2 Å². The standard InChI is InChI=1S/C15H12FNO4/c16-10-3-4-13-9(6-10)7-11(21-13)8-17-5-1-2-12(14(17)18)15(19)20/h1-6,11H,7-8H2,(H,19,20). The summed E-state index contributed by atoms with van der Waals surface area (Å²) >= 11 is 0. The number of ether oxygens (including phenoxy) is 1. The zero-order chi connectivity index (χ0) is 15.0. The lowest BCUT2D eigenvalue weighted by Crippen LogP contribution is -2.31.